The van der Waals surface area contributed by atoms with Crippen molar-refractivity contribution in [3.8, 4) is 11.1 Å². The molecular formula is C27H25F2N3O4. The summed E-state index contributed by atoms with van der Waals surface area (Å²) in [5.41, 5.74) is 2.42. The zero-order chi connectivity index (χ0) is 25.5. The van der Waals surface area contributed by atoms with Gasteiger partial charge in [-0.25, -0.2) is 13.6 Å². The molecule has 3 aromatic carbocycles. The number of anilines is 2. The molecule has 0 spiro atoms. The molecule has 0 unspecified atom stereocenters. The molecule has 1 aliphatic rings. The van der Waals surface area contributed by atoms with Gasteiger partial charge in [0.1, 0.15) is 17.7 Å². The van der Waals surface area contributed by atoms with Crippen molar-refractivity contribution in [2.24, 2.45) is 0 Å². The van der Waals surface area contributed by atoms with Gasteiger partial charge < -0.3 is 25.8 Å². The van der Waals surface area contributed by atoms with Crippen LogP contribution in [0, 0.1) is 11.6 Å². The molecule has 3 aromatic rings. The lowest BCUT2D eigenvalue weighted by Gasteiger charge is -2.31. The normalized spacial score (nSPS) is 18.9. The van der Waals surface area contributed by atoms with E-state index in [0.29, 0.717) is 5.69 Å². The first-order valence-electron chi connectivity index (χ1n) is 11.3. The highest BCUT2D eigenvalue weighted by molar-refractivity contribution is 5.91. The Morgan fingerprint density at radius 1 is 0.889 bits per heavy atom. The Kier molecular flexibility index (Phi) is 8.04. The van der Waals surface area contributed by atoms with Crippen LogP contribution < -0.4 is 16.0 Å². The predicted molar refractivity (Wildman–Crippen MR) is 132 cm³/mol. The average Bonchev–Trinajstić information content (AvgIpc) is 2.88. The van der Waals surface area contributed by atoms with E-state index < -0.39 is 42.5 Å². The van der Waals surface area contributed by atoms with Crippen molar-refractivity contribution in [3.05, 3.63) is 96.6 Å². The lowest BCUT2D eigenvalue weighted by Crippen LogP contribution is -2.50. The quantitative estimate of drug-likeness (QED) is 0.365. The van der Waals surface area contributed by atoms with Crippen LogP contribution >= 0.6 is 0 Å². The van der Waals surface area contributed by atoms with E-state index in [-0.39, 0.29) is 18.0 Å². The first-order valence-corrected chi connectivity index (χ1v) is 11.3. The van der Waals surface area contributed by atoms with Crippen molar-refractivity contribution in [2.75, 3.05) is 17.2 Å². The summed E-state index contributed by atoms with van der Waals surface area (Å²) in [5, 5.41) is 17.3. The van der Waals surface area contributed by atoms with Crippen LogP contribution in [0.1, 0.15) is 6.42 Å². The number of hydrogen-bond acceptors (Lipinski definition) is 4. The Bertz CT molecular complexity index is 1240. The maximum absolute atomic E-state index is 13.8. The van der Waals surface area contributed by atoms with E-state index in [1.807, 2.05) is 54.6 Å². The van der Waals surface area contributed by atoms with Gasteiger partial charge in [0, 0.05) is 11.8 Å². The number of aliphatic hydroxyl groups excluding tert-OH is 1. The third kappa shape index (κ3) is 6.53. The molecule has 36 heavy (non-hydrogen) atoms. The number of nitrogens with one attached hydrogen (secondary N) is 3. The maximum Gasteiger partial charge on any atom is 0.319 e. The highest BCUT2D eigenvalue weighted by Gasteiger charge is 2.29. The van der Waals surface area contributed by atoms with Gasteiger partial charge in [-0.3, -0.25) is 4.79 Å². The molecule has 0 saturated carbocycles. The second kappa shape index (κ2) is 11.6. The summed E-state index contributed by atoms with van der Waals surface area (Å²) in [5.74, 6) is -1.77. The van der Waals surface area contributed by atoms with Crippen LogP contribution in [0.15, 0.2) is 84.9 Å². The molecule has 0 fully saturated rings. The SMILES string of the molecule is O=C(C[C@@H]1C=C[C@@H](NC(=O)Nc2cc(F)ccc2F)[C@H](CO)O1)Nc1ccc(-c2ccccc2)cc1. The largest absolute Gasteiger partial charge is 0.394 e. The van der Waals surface area contributed by atoms with Crippen LogP contribution in [0.5, 0.6) is 0 Å². The fourth-order valence-electron chi connectivity index (χ4n) is 3.81. The minimum Gasteiger partial charge on any atom is -0.394 e. The molecular weight excluding hydrogens is 468 g/mol. The third-order valence-electron chi connectivity index (χ3n) is 5.60. The first-order chi connectivity index (χ1) is 17.4. The van der Waals surface area contributed by atoms with Gasteiger partial charge in [-0.05, 0) is 35.4 Å². The molecule has 1 aliphatic heterocycles. The van der Waals surface area contributed by atoms with E-state index >= 15 is 0 Å². The van der Waals surface area contributed by atoms with E-state index in [0.717, 1.165) is 29.3 Å². The van der Waals surface area contributed by atoms with E-state index in [1.54, 1.807) is 12.2 Å². The van der Waals surface area contributed by atoms with Crippen LogP contribution in [0.2, 0.25) is 0 Å². The lowest BCUT2D eigenvalue weighted by molar-refractivity contribution is -0.120. The molecule has 9 heteroatoms. The molecule has 0 aliphatic carbocycles. The van der Waals surface area contributed by atoms with Gasteiger partial charge in [0.2, 0.25) is 5.91 Å². The van der Waals surface area contributed by atoms with E-state index in [1.165, 1.54) is 0 Å². The molecule has 4 N–H and O–H groups in total. The first kappa shape index (κ1) is 25.0. The zero-order valence-electron chi connectivity index (χ0n) is 19.2. The summed E-state index contributed by atoms with van der Waals surface area (Å²) in [4.78, 5) is 24.8. The van der Waals surface area contributed by atoms with Crippen molar-refractivity contribution < 1.29 is 28.2 Å². The number of ether oxygens (including phenoxy) is 1. The third-order valence-corrected chi connectivity index (χ3v) is 5.60. The number of aliphatic hydroxyl groups is 1. The molecule has 7 nitrogen and oxygen atoms in total. The highest BCUT2D eigenvalue weighted by atomic mass is 19.1. The monoisotopic (exact) mass is 493 g/mol. The molecule has 0 radical (unpaired) electrons. The lowest BCUT2D eigenvalue weighted by atomic mass is 10.0. The summed E-state index contributed by atoms with van der Waals surface area (Å²) in [6.45, 7) is -0.428. The van der Waals surface area contributed by atoms with Crippen LogP contribution in [0.3, 0.4) is 0 Å². The molecule has 0 saturated heterocycles. The fraction of sp³-hybridized carbons (Fsp3) is 0.185. The molecule has 3 amide bonds. The predicted octanol–water partition coefficient (Wildman–Crippen LogP) is 4.47. The molecule has 3 atom stereocenters. The van der Waals surface area contributed by atoms with Gasteiger partial charge in [0.25, 0.3) is 0 Å². The number of carbonyl (C=O) groups is 2. The Labute approximate surface area is 206 Å². The Morgan fingerprint density at radius 3 is 2.33 bits per heavy atom. The molecule has 4 rings (SSSR count). The van der Waals surface area contributed by atoms with Gasteiger partial charge in [-0.1, -0.05) is 54.6 Å². The van der Waals surface area contributed by atoms with Crippen molar-refractivity contribution in [1.29, 1.82) is 0 Å². The molecule has 186 valence electrons. The van der Waals surface area contributed by atoms with Crippen LogP contribution in [-0.4, -0.2) is 41.9 Å². The summed E-state index contributed by atoms with van der Waals surface area (Å²) in [6.07, 6.45) is 1.76. The molecule has 1 heterocycles. The van der Waals surface area contributed by atoms with Crippen LogP contribution in [0.4, 0.5) is 25.0 Å². The zero-order valence-corrected chi connectivity index (χ0v) is 19.2. The Balaban J connectivity index is 1.30. The summed E-state index contributed by atoms with van der Waals surface area (Å²) in [7, 11) is 0. The number of rotatable bonds is 7. The van der Waals surface area contributed by atoms with Crippen molar-refractivity contribution >= 4 is 23.3 Å². The van der Waals surface area contributed by atoms with Gasteiger partial charge in [-0.15, -0.1) is 0 Å². The van der Waals surface area contributed by atoms with Crippen molar-refractivity contribution in [1.82, 2.24) is 5.32 Å². The summed E-state index contributed by atoms with van der Waals surface area (Å²) >= 11 is 0. The van der Waals surface area contributed by atoms with Gasteiger partial charge in [-0.2, -0.15) is 0 Å². The standard InChI is InChI=1S/C27H25F2N3O4/c28-19-8-12-22(29)24(14-19)32-27(35)31-23-13-11-21(36-25(23)16-33)15-26(34)30-20-9-6-18(7-10-20)17-4-2-1-3-5-17/h1-14,21,23,25,33H,15-16H2,(H,30,34)(H2,31,32,35)/t21-,23+,25-/m0/s1. The number of halogens is 2. The topological polar surface area (TPSA) is 99.7 Å². The van der Waals surface area contributed by atoms with E-state index in [2.05, 4.69) is 16.0 Å². The number of carbonyl (C=O) groups excluding carboxylic acids is 2. The van der Waals surface area contributed by atoms with E-state index in [9.17, 15) is 23.5 Å². The number of hydrogen-bond donors (Lipinski definition) is 4. The van der Waals surface area contributed by atoms with Crippen molar-refractivity contribution in [2.45, 2.75) is 24.7 Å². The minimum atomic E-state index is -0.832. The van der Waals surface area contributed by atoms with Crippen molar-refractivity contribution in [3.63, 3.8) is 0 Å². The second-order valence-corrected chi connectivity index (χ2v) is 8.22. The van der Waals surface area contributed by atoms with E-state index in [4.69, 9.17) is 4.74 Å². The smallest absolute Gasteiger partial charge is 0.319 e. The molecule has 0 bridgehead atoms. The van der Waals surface area contributed by atoms with Crippen LogP contribution in [-0.2, 0) is 9.53 Å². The summed E-state index contributed by atoms with van der Waals surface area (Å²) < 4.78 is 32.8. The van der Waals surface area contributed by atoms with Gasteiger partial charge in [0.05, 0.1) is 30.9 Å². The number of urea groups is 1. The summed E-state index contributed by atoms with van der Waals surface area (Å²) in [6, 6.07) is 18.5. The number of benzene rings is 3. The highest BCUT2D eigenvalue weighted by Crippen LogP contribution is 2.22. The van der Waals surface area contributed by atoms with Gasteiger partial charge >= 0.3 is 6.03 Å². The Morgan fingerprint density at radius 2 is 1.61 bits per heavy atom. The fourth-order valence-corrected chi connectivity index (χ4v) is 3.81. The average molecular weight is 494 g/mol. The minimum absolute atomic E-state index is 0.000850. The van der Waals surface area contributed by atoms with Gasteiger partial charge in [0.15, 0.2) is 0 Å². The maximum atomic E-state index is 13.8. The molecule has 0 aromatic heterocycles. The van der Waals surface area contributed by atoms with Crippen LogP contribution in [0.25, 0.3) is 11.1 Å². The number of amides is 3. The second-order valence-electron chi connectivity index (χ2n) is 8.22. The Hall–Kier alpha value is -4.08.